The Hall–Kier alpha value is -2.96. The highest BCUT2D eigenvalue weighted by atomic mass is 19.1. The molecular formula is C18H18FN3O3. The zero-order chi connectivity index (χ0) is 18.2. The molecule has 1 N–H and O–H groups in total. The molecule has 2 heterocycles. The molecule has 1 aliphatic heterocycles. The van der Waals surface area contributed by atoms with Crippen molar-refractivity contribution in [2.75, 3.05) is 10.2 Å². The number of hydrogen-bond acceptors (Lipinski definition) is 4. The molecule has 0 bridgehead atoms. The van der Waals surface area contributed by atoms with Gasteiger partial charge in [0.05, 0.1) is 0 Å². The Kier molecular flexibility index (Phi) is 4.16. The van der Waals surface area contributed by atoms with Gasteiger partial charge in [-0.25, -0.2) is 9.37 Å². The molecule has 0 aliphatic carbocycles. The fourth-order valence-corrected chi connectivity index (χ4v) is 2.67. The first-order valence-electron chi connectivity index (χ1n) is 7.87. The van der Waals surface area contributed by atoms with Crippen molar-refractivity contribution in [1.82, 2.24) is 4.98 Å². The maximum Gasteiger partial charge on any atom is 0.282 e. The van der Waals surface area contributed by atoms with Crippen molar-refractivity contribution in [3.63, 3.8) is 0 Å². The van der Waals surface area contributed by atoms with Crippen LogP contribution in [0.1, 0.15) is 20.8 Å². The third-order valence-corrected chi connectivity index (χ3v) is 3.95. The molecule has 1 aromatic heterocycles. The first-order valence-corrected chi connectivity index (χ1v) is 7.87. The number of hydrogen-bond donors (Lipinski definition) is 1. The highest BCUT2D eigenvalue weighted by Crippen LogP contribution is 2.37. The molecule has 3 rings (SSSR count). The van der Waals surface area contributed by atoms with Crippen molar-refractivity contribution < 1.29 is 18.7 Å². The van der Waals surface area contributed by atoms with Gasteiger partial charge in [-0.05, 0) is 51.1 Å². The summed E-state index contributed by atoms with van der Waals surface area (Å²) in [7, 11) is 0. The van der Waals surface area contributed by atoms with Crippen LogP contribution in [0.25, 0.3) is 0 Å². The van der Waals surface area contributed by atoms with Crippen LogP contribution in [0.4, 0.5) is 15.9 Å². The van der Waals surface area contributed by atoms with Gasteiger partial charge in [0.2, 0.25) is 0 Å². The highest BCUT2D eigenvalue weighted by molar-refractivity contribution is 6.19. The molecule has 7 heteroatoms. The van der Waals surface area contributed by atoms with Crippen molar-refractivity contribution in [2.24, 2.45) is 0 Å². The standard InChI is InChI=1S/C18H18FN3O3/c1-11(2)22-15-14(8-5-9-20-15)25-18(3,17(22)24)16(23)21-13-7-4-6-12(19)10-13/h4-11H,1-3H3,(H,21,23)/t18-/m0/s1. The summed E-state index contributed by atoms with van der Waals surface area (Å²) in [6.07, 6.45) is 1.56. The third-order valence-electron chi connectivity index (χ3n) is 3.95. The average molecular weight is 343 g/mol. The lowest BCUT2D eigenvalue weighted by atomic mass is 9.99. The van der Waals surface area contributed by atoms with Gasteiger partial charge in [0.1, 0.15) is 5.82 Å². The summed E-state index contributed by atoms with van der Waals surface area (Å²) in [6, 6.07) is 8.54. The second-order valence-corrected chi connectivity index (χ2v) is 6.19. The quantitative estimate of drug-likeness (QED) is 0.870. The number of aromatic nitrogens is 1. The molecule has 0 radical (unpaired) electrons. The molecule has 130 valence electrons. The molecule has 25 heavy (non-hydrogen) atoms. The van der Waals surface area contributed by atoms with E-state index < -0.39 is 23.2 Å². The average Bonchev–Trinajstić information content (AvgIpc) is 2.55. The molecule has 0 saturated heterocycles. The lowest BCUT2D eigenvalue weighted by Gasteiger charge is -2.40. The Labute approximate surface area is 144 Å². The summed E-state index contributed by atoms with van der Waals surface area (Å²) >= 11 is 0. The lowest BCUT2D eigenvalue weighted by molar-refractivity contribution is -0.145. The molecule has 1 aliphatic rings. The highest BCUT2D eigenvalue weighted by Gasteiger charge is 2.51. The fraction of sp³-hybridized carbons (Fsp3) is 0.278. The number of amides is 2. The Balaban J connectivity index is 1.97. The van der Waals surface area contributed by atoms with E-state index in [1.54, 1.807) is 18.3 Å². The number of carbonyl (C=O) groups is 2. The van der Waals surface area contributed by atoms with Gasteiger partial charge in [-0.2, -0.15) is 0 Å². The van der Waals surface area contributed by atoms with Gasteiger partial charge in [0.25, 0.3) is 17.4 Å². The number of anilines is 2. The zero-order valence-corrected chi connectivity index (χ0v) is 14.1. The maximum absolute atomic E-state index is 13.3. The van der Waals surface area contributed by atoms with Gasteiger partial charge in [-0.3, -0.25) is 14.5 Å². The van der Waals surface area contributed by atoms with Crippen molar-refractivity contribution in [1.29, 1.82) is 0 Å². The molecule has 0 saturated carbocycles. The van der Waals surface area contributed by atoms with Crippen LogP contribution < -0.4 is 15.0 Å². The summed E-state index contributed by atoms with van der Waals surface area (Å²) in [5.41, 5.74) is -1.54. The van der Waals surface area contributed by atoms with E-state index in [9.17, 15) is 14.0 Å². The molecule has 1 aromatic carbocycles. The predicted octanol–water partition coefficient (Wildman–Crippen LogP) is 2.75. The number of nitrogens with zero attached hydrogens (tertiary/aromatic N) is 2. The van der Waals surface area contributed by atoms with Crippen LogP contribution in [0.5, 0.6) is 5.75 Å². The number of pyridine rings is 1. The summed E-state index contributed by atoms with van der Waals surface area (Å²) < 4.78 is 19.0. The van der Waals surface area contributed by atoms with Crippen molar-refractivity contribution in [2.45, 2.75) is 32.4 Å². The second kappa shape index (κ2) is 6.16. The predicted molar refractivity (Wildman–Crippen MR) is 90.9 cm³/mol. The van der Waals surface area contributed by atoms with E-state index in [0.29, 0.717) is 11.6 Å². The summed E-state index contributed by atoms with van der Waals surface area (Å²) in [4.78, 5) is 31.4. The molecule has 6 nitrogen and oxygen atoms in total. The zero-order valence-electron chi connectivity index (χ0n) is 14.1. The largest absolute Gasteiger partial charge is 0.464 e. The SMILES string of the molecule is CC(C)N1C(=O)[C@](C)(C(=O)Nc2cccc(F)c2)Oc2cccnc21. The Morgan fingerprint density at radius 2 is 2.08 bits per heavy atom. The van der Waals surface area contributed by atoms with Crippen LogP contribution in [-0.4, -0.2) is 28.4 Å². The molecule has 2 aromatic rings. The Morgan fingerprint density at radius 1 is 1.32 bits per heavy atom. The van der Waals surface area contributed by atoms with Gasteiger partial charge in [-0.15, -0.1) is 0 Å². The number of fused-ring (bicyclic) bond motifs is 1. The van der Waals surface area contributed by atoms with Crippen molar-refractivity contribution in [3.8, 4) is 5.75 Å². The van der Waals surface area contributed by atoms with Crippen LogP contribution in [-0.2, 0) is 9.59 Å². The van der Waals surface area contributed by atoms with Crippen molar-refractivity contribution in [3.05, 3.63) is 48.4 Å². The van der Waals surface area contributed by atoms with Gasteiger partial charge in [0.15, 0.2) is 11.6 Å². The molecular weight excluding hydrogens is 325 g/mol. The minimum atomic E-state index is -1.79. The fourth-order valence-electron chi connectivity index (χ4n) is 2.67. The van der Waals surface area contributed by atoms with E-state index in [1.165, 1.54) is 36.1 Å². The number of benzene rings is 1. The molecule has 0 spiro atoms. The minimum Gasteiger partial charge on any atom is -0.464 e. The number of ether oxygens (including phenoxy) is 1. The minimum absolute atomic E-state index is 0.216. The first-order chi connectivity index (χ1) is 11.8. The van der Waals surface area contributed by atoms with E-state index in [0.717, 1.165) is 0 Å². The van der Waals surface area contributed by atoms with E-state index >= 15 is 0 Å². The molecule has 1 atom stereocenters. The van der Waals surface area contributed by atoms with Crippen molar-refractivity contribution >= 4 is 23.3 Å². The van der Waals surface area contributed by atoms with Gasteiger partial charge in [0, 0.05) is 17.9 Å². The normalized spacial score (nSPS) is 19.4. The summed E-state index contributed by atoms with van der Waals surface area (Å²) in [5, 5.41) is 2.54. The lowest BCUT2D eigenvalue weighted by Crippen LogP contribution is -2.62. The third kappa shape index (κ3) is 2.93. The summed E-state index contributed by atoms with van der Waals surface area (Å²) in [5.74, 6) is -0.978. The van der Waals surface area contributed by atoms with E-state index in [4.69, 9.17) is 4.74 Å². The summed E-state index contributed by atoms with van der Waals surface area (Å²) in [6.45, 7) is 5.05. The topological polar surface area (TPSA) is 71.5 Å². The molecule has 2 amide bonds. The number of halogens is 1. The smallest absolute Gasteiger partial charge is 0.282 e. The van der Waals surface area contributed by atoms with E-state index in [2.05, 4.69) is 10.3 Å². The number of carbonyl (C=O) groups excluding carboxylic acids is 2. The van der Waals surface area contributed by atoms with Gasteiger partial charge >= 0.3 is 0 Å². The van der Waals surface area contributed by atoms with Crippen LogP contribution >= 0.6 is 0 Å². The Bertz CT molecular complexity index is 840. The van der Waals surface area contributed by atoms with Crippen LogP contribution in [0.2, 0.25) is 0 Å². The second-order valence-electron chi connectivity index (χ2n) is 6.19. The monoisotopic (exact) mass is 343 g/mol. The maximum atomic E-state index is 13.3. The first kappa shape index (κ1) is 16.9. The van der Waals surface area contributed by atoms with E-state index in [1.807, 2.05) is 13.8 Å². The number of rotatable bonds is 3. The van der Waals surface area contributed by atoms with Gasteiger partial charge < -0.3 is 10.1 Å². The van der Waals surface area contributed by atoms with E-state index in [-0.39, 0.29) is 11.7 Å². The number of nitrogens with one attached hydrogen (secondary N) is 1. The van der Waals surface area contributed by atoms with Crippen LogP contribution in [0, 0.1) is 5.82 Å². The Morgan fingerprint density at radius 3 is 2.76 bits per heavy atom. The molecule has 0 fully saturated rings. The molecule has 0 unspecified atom stereocenters. The van der Waals surface area contributed by atoms with Crippen LogP contribution in [0.15, 0.2) is 42.6 Å². The van der Waals surface area contributed by atoms with Crippen LogP contribution in [0.3, 0.4) is 0 Å². The van der Waals surface area contributed by atoms with Gasteiger partial charge in [-0.1, -0.05) is 6.07 Å².